The highest BCUT2D eigenvalue weighted by molar-refractivity contribution is 6.03. The highest BCUT2D eigenvalue weighted by Crippen LogP contribution is 2.57. The molecule has 6 aromatic rings. The number of nitrogens with zero attached hydrogens (tertiary/aromatic N) is 2. The van der Waals surface area contributed by atoms with Gasteiger partial charge in [-0.05, 0) is 123 Å². The minimum atomic E-state index is -0.145. The van der Waals surface area contributed by atoms with Crippen LogP contribution in [0.25, 0.3) is 40.1 Å². The van der Waals surface area contributed by atoms with Gasteiger partial charge in [-0.1, -0.05) is 194 Å². The number of hydrogen-bond donors (Lipinski definition) is 0. The number of benzene rings is 6. The van der Waals surface area contributed by atoms with Crippen LogP contribution in [0, 0.1) is 5.92 Å². The van der Waals surface area contributed by atoms with Crippen molar-refractivity contribution in [3.05, 3.63) is 262 Å². The number of hydrogen-bond acceptors (Lipinski definition) is 2. The zero-order chi connectivity index (χ0) is 42.6. The second kappa shape index (κ2) is 15.7. The summed E-state index contributed by atoms with van der Waals surface area (Å²) in [5.41, 5.74) is 19.6. The van der Waals surface area contributed by atoms with E-state index in [-0.39, 0.29) is 17.4 Å². The average molecular weight is 823 g/mol. The maximum absolute atomic E-state index is 2.56. The first-order valence-electron chi connectivity index (χ1n) is 23.0. The molecule has 1 spiro atoms. The Kier molecular flexibility index (Phi) is 9.41. The van der Waals surface area contributed by atoms with Crippen molar-refractivity contribution in [1.82, 2.24) is 0 Å². The maximum atomic E-state index is 2.56. The number of fused-ring (bicyclic) bond motifs is 9. The molecule has 4 aliphatic carbocycles. The van der Waals surface area contributed by atoms with E-state index in [0.29, 0.717) is 0 Å². The lowest BCUT2D eigenvalue weighted by Gasteiger charge is -2.36. The number of para-hydroxylation sites is 1. The van der Waals surface area contributed by atoms with Crippen molar-refractivity contribution in [2.45, 2.75) is 44.1 Å². The predicted molar refractivity (Wildman–Crippen MR) is 272 cm³/mol. The van der Waals surface area contributed by atoms with E-state index in [1.54, 1.807) is 0 Å². The maximum Gasteiger partial charge on any atom is 0.0623 e. The van der Waals surface area contributed by atoms with E-state index >= 15 is 0 Å². The minimum Gasteiger partial charge on any atom is -0.333 e. The van der Waals surface area contributed by atoms with Crippen LogP contribution >= 0.6 is 0 Å². The fraction of sp³-hybridized carbons (Fsp3) is 0.129. The average Bonchev–Trinajstić information content (AvgIpc) is 3.71. The zero-order valence-electron chi connectivity index (χ0n) is 36.2. The molecule has 0 amide bonds. The normalized spacial score (nSPS) is 19.9. The van der Waals surface area contributed by atoms with Gasteiger partial charge in [-0.15, -0.1) is 0 Å². The van der Waals surface area contributed by atoms with Crippen LogP contribution in [0.1, 0.15) is 58.7 Å². The van der Waals surface area contributed by atoms with Gasteiger partial charge in [0.15, 0.2) is 0 Å². The van der Waals surface area contributed by atoms with Gasteiger partial charge in [0.1, 0.15) is 0 Å². The third-order valence-corrected chi connectivity index (χ3v) is 14.3. The van der Waals surface area contributed by atoms with Crippen LogP contribution in [0.15, 0.2) is 223 Å². The molecule has 64 heavy (non-hydrogen) atoms. The standard InChI is InChI=1S/C62H50N2/c1-2-3-4-15-44-27-30-46-16-7-12-23-58(46)63(42-44)51-34-36-54-53-35-28-43(38-56(53)62(57(54)39-51)40-49-19-5-6-20-50(49)41-62)26-29-45-33-37-61(55-22-11-10-21-52(45)55)64-59-24-13-8-17-47(59)31-32-48-18-9-14-25-60(48)64/h2-11,13-22,24-39,42,47,59H,12,23,40-41H2,1H3/b3-2-,15-4-,29-26+. The Hall–Kier alpha value is -7.42. The molecule has 6 aromatic carbocycles. The summed E-state index contributed by atoms with van der Waals surface area (Å²) in [4.78, 5) is 5.03. The van der Waals surface area contributed by atoms with E-state index < -0.39 is 0 Å². The van der Waals surface area contributed by atoms with Crippen molar-refractivity contribution in [3.8, 4) is 11.1 Å². The molecule has 0 saturated heterocycles. The lowest BCUT2D eigenvalue weighted by molar-refractivity contribution is 0.563. The third-order valence-electron chi connectivity index (χ3n) is 14.3. The summed E-state index contributed by atoms with van der Waals surface area (Å²) < 4.78 is 0. The van der Waals surface area contributed by atoms with Crippen LogP contribution in [-0.4, -0.2) is 6.04 Å². The molecule has 0 saturated carbocycles. The predicted octanol–water partition coefficient (Wildman–Crippen LogP) is 15.3. The summed E-state index contributed by atoms with van der Waals surface area (Å²) in [7, 11) is 0. The zero-order valence-corrected chi connectivity index (χ0v) is 36.2. The molecular formula is C62H50N2. The highest BCUT2D eigenvalue weighted by Gasteiger charge is 2.47. The Morgan fingerprint density at radius 3 is 2.28 bits per heavy atom. The largest absolute Gasteiger partial charge is 0.333 e. The lowest BCUT2D eigenvalue weighted by atomic mass is 9.75. The topological polar surface area (TPSA) is 6.48 Å². The van der Waals surface area contributed by atoms with Gasteiger partial charge in [-0.25, -0.2) is 0 Å². The Morgan fingerprint density at radius 2 is 1.41 bits per heavy atom. The van der Waals surface area contributed by atoms with Gasteiger partial charge in [0.25, 0.3) is 0 Å². The minimum absolute atomic E-state index is 0.145. The van der Waals surface area contributed by atoms with E-state index in [2.05, 4.69) is 241 Å². The quantitative estimate of drug-likeness (QED) is 0.122. The van der Waals surface area contributed by atoms with Crippen LogP contribution in [0.4, 0.5) is 17.1 Å². The van der Waals surface area contributed by atoms with E-state index in [4.69, 9.17) is 0 Å². The Labute approximate surface area is 377 Å². The van der Waals surface area contributed by atoms with Crippen molar-refractivity contribution < 1.29 is 0 Å². The van der Waals surface area contributed by atoms with Crippen LogP contribution in [0.3, 0.4) is 0 Å². The molecule has 2 heteroatoms. The van der Waals surface area contributed by atoms with Crippen molar-refractivity contribution in [2.24, 2.45) is 5.92 Å². The summed E-state index contributed by atoms with van der Waals surface area (Å²) in [5, 5.41) is 2.51. The molecule has 2 atom stereocenters. The van der Waals surface area contributed by atoms with E-state index in [1.165, 1.54) is 94.7 Å². The van der Waals surface area contributed by atoms with E-state index in [1.807, 2.05) is 0 Å². The van der Waals surface area contributed by atoms with Crippen molar-refractivity contribution >= 4 is 46.1 Å². The molecule has 0 aromatic heterocycles. The highest BCUT2D eigenvalue weighted by atomic mass is 15.2. The SMILES string of the molecule is C/C=C\C=C/C1=CN(c2ccc3c(c2)C2(Cc4ccccc4C2)c2cc(/C=C/c4ccc(N5c6ccccc6C=CC6C=CC=CC65)c5ccccc45)ccc2-3)C2=C(C=CCC2)C=C1. The van der Waals surface area contributed by atoms with Gasteiger partial charge in [0.05, 0.1) is 6.04 Å². The molecule has 0 radical (unpaired) electrons. The molecule has 6 aliphatic rings. The molecule has 2 heterocycles. The van der Waals surface area contributed by atoms with Crippen LogP contribution in [0.2, 0.25) is 0 Å². The number of anilines is 3. The van der Waals surface area contributed by atoms with Crippen molar-refractivity contribution in [2.75, 3.05) is 9.80 Å². The third kappa shape index (κ3) is 6.39. The first kappa shape index (κ1) is 38.3. The molecule has 2 aliphatic heterocycles. The van der Waals surface area contributed by atoms with E-state index in [0.717, 1.165) is 25.7 Å². The van der Waals surface area contributed by atoms with Gasteiger partial charge in [0, 0.05) is 45.7 Å². The molecule has 308 valence electrons. The second-order valence-electron chi connectivity index (χ2n) is 18.0. The van der Waals surface area contributed by atoms with Gasteiger partial charge >= 0.3 is 0 Å². The van der Waals surface area contributed by atoms with Crippen LogP contribution in [0.5, 0.6) is 0 Å². The van der Waals surface area contributed by atoms with Crippen molar-refractivity contribution in [1.29, 1.82) is 0 Å². The fourth-order valence-electron chi connectivity index (χ4n) is 11.3. The van der Waals surface area contributed by atoms with Gasteiger partial charge < -0.3 is 9.80 Å². The Bertz CT molecular complexity index is 3180. The Morgan fingerprint density at radius 1 is 0.625 bits per heavy atom. The molecular weight excluding hydrogens is 773 g/mol. The molecule has 12 rings (SSSR count). The molecule has 2 nitrogen and oxygen atoms in total. The Balaban J connectivity index is 0.935. The number of allylic oxidation sites excluding steroid dienone is 13. The molecule has 0 bridgehead atoms. The van der Waals surface area contributed by atoms with Crippen LogP contribution in [-0.2, 0) is 18.3 Å². The smallest absolute Gasteiger partial charge is 0.0623 e. The summed E-state index contributed by atoms with van der Waals surface area (Å²) in [6.07, 6.45) is 42.5. The summed E-state index contributed by atoms with van der Waals surface area (Å²) in [6.45, 7) is 2.06. The van der Waals surface area contributed by atoms with Crippen molar-refractivity contribution in [3.63, 3.8) is 0 Å². The van der Waals surface area contributed by atoms with E-state index in [9.17, 15) is 0 Å². The molecule has 2 unspecified atom stereocenters. The van der Waals surface area contributed by atoms with Gasteiger partial charge in [-0.3, -0.25) is 0 Å². The monoisotopic (exact) mass is 822 g/mol. The molecule has 0 N–H and O–H groups in total. The fourth-order valence-corrected chi connectivity index (χ4v) is 11.3. The van der Waals surface area contributed by atoms with Gasteiger partial charge in [-0.2, -0.15) is 0 Å². The summed E-state index contributed by atoms with van der Waals surface area (Å²) in [6, 6.07) is 46.3. The molecule has 0 fully saturated rings. The van der Waals surface area contributed by atoms with Gasteiger partial charge in [0.2, 0.25) is 0 Å². The lowest BCUT2D eigenvalue weighted by Crippen LogP contribution is -2.35. The summed E-state index contributed by atoms with van der Waals surface area (Å²) >= 11 is 0. The number of rotatable bonds is 6. The first-order valence-corrected chi connectivity index (χ1v) is 23.0. The van der Waals surface area contributed by atoms with Crippen LogP contribution < -0.4 is 9.80 Å². The first-order chi connectivity index (χ1) is 31.6. The summed E-state index contributed by atoms with van der Waals surface area (Å²) in [5.74, 6) is 0.288. The second-order valence-corrected chi connectivity index (χ2v) is 18.0.